The molecule has 0 saturated heterocycles. The maximum Gasteiger partial charge on any atom is 0.389 e. The Kier molecular flexibility index (Phi) is 3.27. The van der Waals surface area contributed by atoms with E-state index < -0.39 is 12.6 Å². The summed E-state index contributed by atoms with van der Waals surface area (Å²) in [6.07, 6.45) is -3.44. The number of thiazole rings is 1. The molecule has 0 fully saturated rings. The molecule has 74 valence electrons. The highest BCUT2D eigenvalue weighted by Crippen LogP contribution is 2.23. The van der Waals surface area contributed by atoms with Crippen molar-refractivity contribution < 1.29 is 13.2 Å². The van der Waals surface area contributed by atoms with Crippen molar-refractivity contribution in [3.05, 3.63) is 16.1 Å². The normalized spacial score (nSPS) is 12.0. The molecule has 0 aromatic carbocycles. The Hall–Kier alpha value is -0.620. The van der Waals surface area contributed by atoms with E-state index >= 15 is 0 Å². The Bertz CT molecular complexity index is 269. The summed E-state index contributed by atoms with van der Waals surface area (Å²) in [6, 6.07) is 0. The fourth-order valence-electron chi connectivity index (χ4n) is 0.807. The van der Waals surface area contributed by atoms with Gasteiger partial charge in [-0.15, -0.1) is 11.3 Å². The van der Waals surface area contributed by atoms with E-state index in [9.17, 15) is 13.2 Å². The maximum atomic E-state index is 11.8. The van der Waals surface area contributed by atoms with Gasteiger partial charge in [-0.05, 0) is 0 Å². The van der Waals surface area contributed by atoms with Crippen LogP contribution in [0.4, 0.5) is 13.2 Å². The van der Waals surface area contributed by atoms with E-state index in [1.807, 2.05) is 0 Å². The number of aryl methyl sites for hydroxylation is 1. The van der Waals surface area contributed by atoms with Crippen LogP contribution >= 0.6 is 11.3 Å². The Morgan fingerprint density at radius 1 is 1.46 bits per heavy atom. The summed E-state index contributed by atoms with van der Waals surface area (Å²) < 4.78 is 35.3. The second-order valence-corrected chi connectivity index (χ2v) is 3.74. The van der Waals surface area contributed by atoms with Crippen molar-refractivity contribution in [2.45, 2.75) is 25.6 Å². The van der Waals surface area contributed by atoms with Crippen molar-refractivity contribution in [2.24, 2.45) is 5.73 Å². The Morgan fingerprint density at radius 3 is 2.62 bits per heavy atom. The molecule has 2 nitrogen and oxygen atoms in total. The number of hydrogen-bond acceptors (Lipinski definition) is 3. The minimum absolute atomic E-state index is 0.0475. The van der Waals surface area contributed by atoms with Gasteiger partial charge in [0.05, 0.1) is 5.01 Å². The molecule has 0 bridgehead atoms. The molecule has 0 radical (unpaired) electrons. The molecule has 2 N–H and O–H groups in total. The van der Waals surface area contributed by atoms with Crippen LogP contribution in [0.15, 0.2) is 6.20 Å². The number of nitrogens with two attached hydrogens (primary N) is 1. The lowest BCUT2D eigenvalue weighted by Gasteiger charge is -2.02. The molecule has 1 aromatic rings. The predicted octanol–water partition coefficient (Wildman–Crippen LogP) is 2.10. The minimum atomic E-state index is -4.10. The van der Waals surface area contributed by atoms with Crippen molar-refractivity contribution in [2.75, 3.05) is 0 Å². The summed E-state index contributed by atoms with van der Waals surface area (Å²) in [5.74, 6) is 0. The zero-order valence-corrected chi connectivity index (χ0v) is 7.58. The van der Waals surface area contributed by atoms with Crippen LogP contribution in [0.2, 0.25) is 0 Å². The molecule has 13 heavy (non-hydrogen) atoms. The van der Waals surface area contributed by atoms with Gasteiger partial charge in [0.25, 0.3) is 0 Å². The molecule has 0 spiro atoms. The van der Waals surface area contributed by atoms with Gasteiger partial charge in [0.1, 0.15) is 0 Å². The van der Waals surface area contributed by atoms with Gasteiger partial charge in [0.2, 0.25) is 0 Å². The smallest absolute Gasteiger partial charge is 0.326 e. The van der Waals surface area contributed by atoms with Crippen LogP contribution in [0.1, 0.15) is 16.3 Å². The van der Waals surface area contributed by atoms with E-state index in [-0.39, 0.29) is 6.42 Å². The molecule has 0 amide bonds. The molecule has 0 atom stereocenters. The van der Waals surface area contributed by atoms with E-state index in [1.165, 1.54) is 17.5 Å². The van der Waals surface area contributed by atoms with E-state index in [1.54, 1.807) is 0 Å². The van der Waals surface area contributed by atoms with Gasteiger partial charge in [-0.3, -0.25) is 0 Å². The van der Waals surface area contributed by atoms with Crippen LogP contribution in [0.5, 0.6) is 0 Å². The lowest BCUT2D eigenvalue weighted by atomic mass is 10.3. The van der Waals surface area contributed by atoms with E-state index in [0.29, 0.717) is 11.6 Å². The molecule has 0 aliphatic carbocycles. The first-order valence-electron chi connectivity index (χ1n) is 3.71. The van der Waals surface area contributed by atoms with Crippen molar-refractivity contribution in [1.29, 1.82) is 0 Å². The Balaban J connectivity index is 2.46. The first-order valence-corrected chi connectivity index (χ1v) is 4.53. The van der Waals surface area contributed by atoms with Crippen LogP contribution in [-0.4, -0.2) is 11.2 Å². The van der Waals surface area contributed by atoms with Crippen LogP contribution < -0.4 is 5.73 Å². The van der Waals surface area contributed by atoms with Crippen molar-refractivity contribution in [3.63, 3.8) is 0 Å². The van der Waals surface area contributed by atoms with Gasteiger partial charge in [-0.2, -0.15) is 13.2 Å². The molecule has 0 unspecified atom stereocenters. The molecule has 1 heterocycles. The van der Waals surface area contributed by atoms with Gasteiger partial charge >= 0.3 is 6.18 Å². The molecule has 0 aliphatic heterocycles. The van der Waals surface area contributed by atoms with Crippen molar-refractivity contribution in [3.8, 4) is 0 Å². The third-order valence-corrected chi connectivity index (χ3v) is 2.50. The fourth-order valence-corrected chi connectivity index (χ4v) is 1.61. The average Bonchev–Trinajstić information content (AvgIpc) is 2.47. The molecule has 0 aliphatic rings. The summed E-state index contributed by atoms with van der Waals surface area (Å²) in [4.78, 5) is 4.65. The minimum Gasteiger partial charge on any atom is -0.326 e. The van der Waals surface area contributed by atoms with Gasteiger partial charge in [0, 0.05) is 30.5 Å². The Labute approximate surface area is 77.6 Å². The van der Waals surface area contributed by atoms with Crippen LogP contribution in [0.25, 0.3) is 0 Å². The number of halogens is 3. The summed E-state index contributed by atoms with van der Waals surface area (Å²) in [5, 5.41) is 0.498. The monoisotopic (exact) mass is 210 g/mol. The lowest BCUT2D eigenvalue weighted by Crippen LogP contribution is -2.08. The van der Waals surface area contributed by atoms with Crippen LogP contribution in [-0.2, 0) is 13.0 Å². The standard InChI is InChI=1S/C7H9F3N2S/c8-7(9,10)2-1-6-12-4-5(3-11)13-6/h4H,1-3,11H2. The lowest BCUT2D eigenvalue weighted by molar-refractivity contribution is -0.133. The second-order valence-electron chi connectivity index (χ2n) is 2.54. The van der Waals surface area contributed by atoms with Gasteiger partial charge in [-0.25, -0.2) is 4.98 Å². The van der Waals surface area contributed by atoms with Crippen molar-refractivity contribution in [1.82, 2.24) is 4.98 Å². The quantitative estimate of drug-likeness (QED) is 0.829. The number of alkyl halides is 3. The van der Waals surface area contributed by atoms with Gasteiger partial charge in [0.15, 0.2) is 0 Å². The SMILES string of the molecule is NCc1cnc(CCC(F)(F)F)s1. The third kappa shape index (κ3) is 3.73. The van der Waals surface area contributed by atoms with Gasteiger partial charge in [-0.1, -0.05) is 0 Å². The third-order valence-electron chi connectivity index (χ3n) is 1.42. The highest BCUT2D eigenvalue weighted by Gasteiger charge is 2.26. The largest absolute Gasteiger partial charge is 0.389 e. The summed E-state index contributed by atoms with van der Waals surface area (Å²) in [5.41, 5.74) is 5.29. The average molecular weight is 210 g/mol. The number of aromatic nitrogens is 1. The molecular weight excluding hydrogens is 201 g/mol. The second kappa shape index (κ2) is 4.06. The van der Waals surface area contributed by atoms with Crippen LogP contribution in [0, 0.1) is 0 Å². The fraction of sp³-hybridized carbons (Fsp3) is 0.571. The highest BCUT2D eigenvalue weighted by atomic mass is 32.1. The molecule has 1 aromatic heterocycles. The highest BCUT2D eigenvalue weighted by molar-refractivity contribution is 7.11. The summed E-state index contributed by atoms with van der Waals surface area (Å²) in [6.45, 7) is 0.337. The van der Waals surface area contributed by atoms with E-state index in [2.05, 4.69) is 4.98 Å². The van der Waals surface area contributed by atoms with E-state index in [0.717, 1.165) is 4.88 Å². The summed E-state index contributed by atoms with van der Waals surface area (Å²) >= 11 is 1.24. The zero-order chi connectivity index (χ0) is 9.90. The first kappa shape index (κ1) is 10.5. The topological polar surface area (TPSA) is 38.9 Å². The first-order chi connectivity index (χ1) is 6.01. The number of hydrogen-bond donors (Lipinski definition) is 1. The predicted molar refractivity (Wildman–Crippen MR) is 44.4 cm³/mol. The molecule has 0 saturated carbocycles. The molecule has 1 rings (SSSR count). The number of nitrogens with zero attached hydrogens (tertiary/aromatic N) is 1. The van der Waals surface area contributed by atoms with Gasteiger partial charge < -0.3 is 5.73 Å². The van der Waals surface area contributed by atoms with Crippen molar-refractivity contribution >= 4 is 11.3 Å². The Morgan fingerprint density at radius 2 is 2.15 bits per heavy atom. The maximum absolute atomic E-state index is 11.8. The molecule has 6 heteroatoms. The summed E-state index contributed by atoms with van der Waals surface area (Å²) in [7, 11) is 0. The molecular formula is C7H9F3N2S. The van der Waals surface area contributed by atoms with E-state index in [4.69, 9.17) is 5.73 Å². The zero-order valence-electron chi connectivity index (χ0n) is 6.77. The van der Waals surface area contributed by atoms with Crippen LogP contribution in [0.3, 0.4) is 0 Å². The number of rotatable bonds is 3.